The lowest BCUT2D eigenvalue weighted by Crippen LogP contribution is -2.19. The van der Waals surface area contributed by atoms with E-state index in [9.17, 15) is 9.59 Å². The van der Waals surface area contributed by atoms with Gasteiger partial charge in [-0.1, -0.05) is 13.8 Å². The van der Waals surface area contributed by atoms with Crippen LogP contribution < -0.4 is 5.32 Å². The second-order valence-corrected chi connectivity index (χ2v) is 4.48. The molecule has 0 aliphatic rings. The molecule has 98 valence electrons. The van der Waals surface area contributed by atoms with E-state index in [1.807, 2.05) is 19.9 Å². The molecule has 5 heteroatoms. The van der Waals surface area contributed by atoms with E-state index < -0.39 is 0 Å². The van der Waals surface area contributed by atoms with E-state index in [1.165, 1.54) is 0 Å². The number of aromatic nitrogens is 2. The molecule has 1 unspecified atom stereocenters. The van der Waals surface area contributed by atoms with E-state index >= 15 is 0 Å². The number of rotatable bonds is 6. The van der Waals surface area contributed by atoms with Gasteiger partial charge in [-0.3, -0.25) is 4.79 Å². The molecule has 1 heterocycles. The molecule has 0 radical (unpaired) electrons. The van der Waals surface area contributed by atoms with Crippen molar-refractivity contribution in [3.8, 4) is 0 Å². The minimum absolute atomic E-state index is 0.0724. The van der Waals surface area contributed by atoms with E-state index in [0.29, 0.717) is 18.5 Å². The van der Waals surface area contributed by atoms with Gasteiger partial charge in [-0.05, 0) is 24.0 Å². The summed E-state index contributed by atoms with van der Waals surface area (Å²) in [5.41, 5.74) is 1.70. The molecular weight excluding hydrogens is 230 g/mol. The third-order valence-electron chi connectivity index (χ3n) is 2.88. The van der Waals surface area contributed by atoms with Crippen LogP contribution in [0.15, 0.2) is 12.3 Å². The molecule has 0 fully saturated rings. The zero-order chi connectivity index (χ0) is 13.5. The SMILES string of the molecule is CNC(=O)CCC(C=O)c1nnccc1C(C)C. The highest BCUT2D eigenvalue weighted by atomic mass is 16.1. The van der Waals surface area contributed by atoms with Crippen LogP contribution in [-0.4, -0.2) is 29.4 Å². The predicted octanol–water partition coefficient (Wildman–Crippen LogP) is 1.41. The van der Waals surface area contributed by atoms with Gasteiger partial charge in [-0.2, -0.15) is 10.2 Å². The molecule has 0 saturated carbocycles. The first kappa shape index (κ1) is 14.3. The summed E-state index contributed by atoms with van der Waals surface area (Å²) in [4.78, 5) is 22.4. The normalized spacial score (nSPS) is 12.2. The summed E-state index contributed by atoms with van der Waals surface area (Å²) in [7, 11) is 1.58. The molecule has 5 nitrogen and oxygen atoms in total. The van der Waals surface area contributed by atoms with Crippen molar-refractivity contribution in [2.45, 2.75) is 38.5 Å². The zero-order valence-electron chi connectivity index (χ0n) is 11.0. The summed E-state index contributed by atoms with van der Waals surface area (Å²) < 4.78 is 0. The number of carbonyl (C=O) groups is 2. The van der Waals surface area contributed by atoms with Gasteiger partial charge >= 0.3 is 0 Å². The van der Waals surface area contributed by atoms with Gasteiger partial charge in [-0.15, -0.1) is 0 Å². The van der Waals surface area contributed by atoms with Gasteiger partial charge in [-0.25, -0.2) is 0 Å². The minimum Gasteiger partial charge on any atom is -0.359 e. The van der Waals surface area contributed by atoms with Crippen molar-refractivity contribution in [3.63, 3.8) is 0 Å². The Kier molecular flexibility index (Phi) is 5.42. The van der Waals surface area contributed by atoms with Gasteiger partial charge in [0.05, 0.1) is 11.6 Å². The lowest BCUT2D eigenvalue weighted by molar-refractivity contribution is -0.120. The van der Waals surface area contributed by atoms with Crippen LogP contribution in [0.3, 0.4) is 0 Å². The third kappa shape index (κ3) is 3.61. The van der Waals surface area contributed by atoms with E-state index in [1.54, 1.807) is 13.2 Å². The maximum Gasteiger partial charge on any atom is 0.219 e. The van der Waals surface area contributed by atoms with E-state index in [2.05, 4.69) is 15.5 Å². The van der Waals surface area contributed by atoms with E-state index in [0.717, 1.165) is 11.8 Å². The van der Waals surface area contributed by atoms with Crippen molar-refractivity contribution in [1.29, 1.82) is 0 Å². The van der Waals surface area contributed by atoms with Gasteiger partial charge in [0.15, 0.2) is 0 Å². The topological polar surface area (TPSA) is 72.0 Å². The summed E-state index contributed by atoms with van der Waals surface area (Å²) in [6.07, 6.45) is 3.24. The number of nitrogens with one attached hydrogen (secondary N) is 1. The first-order valence-corrected chi connectivity index (χ1v) is 6.07. The Balaban J connectivity index is 2.88. The van der Waals surface area contributed by atoms with Crippen LogP contribution in [0.2, 0.25) is 0 Å². The van der Waals surface area contributed by atoms with Crippen LogP contribution in [0, 0.1) is 0 Å². The number of amides is 1. The lowest BCUT2D eigenvalue weighted by atomic mass is 9.92. The van der Waals surface area contributed by atoms with Gasteiger partial charge in [0.2, 0.25) is 5.91 Å². The maximum absolute atomic E-state index is 11.2. The van der Waals surface area contributed by atoms with Crippen LogP contribution in [0.25, 0.3) is 0 Å². The van der Waals surface area contributed by atoms with Crippen LogP contribution in [0.5, 0.6) is 0 Å². The highest BCUT2D eigenvalue weighted by molar-refractivity contribution is 5.76. The molecule has 0 saturated heterocycles. The molecule has 0 aliphatic carbocycles. The Morgan fingerprint density at radius 2 is 2.22 bits per heavy atom. The van der Waals surface area contributed by atoms with Crippen molar-refractivity contribution >= 4 is 12.2 Å². The molecule has 1 rings (SSSR count). The molecular formula is C13H19N3O2. The van der Waals surface area contributed by atoms with Crippen LogP contribution in [-0.2, 0) is 9.59 Å². The highest BCUT2D eigenvalue weighted by Crippen LogP contribution is 2.25. The average Bonchev–Trinajstić information content (AvgIpc) is 2.39. The van der Waals surface area contributed by atoms with Crippen molar-refractivity contribution in [2.24, 2.45) is 0 Å². The molecule has 1 atom stereocenters. The molecule has 0 spiro atoms. The standard InChI is InChI=1S/C13H19N3O2/c1-9(2)11-6-7-15-16-13(11)10(8-17)4-5-12(18)14-3/h6-10H,4-5H2,1-3H3,(H,14,18). The number of hydrogen-bond acceptors (Lipinski definition) is 4. The summed E-state index contributed by atoms with van der Waals surface area (Å²) in [6.45, 7) is 4.09. The van der Waals surface area contributed by atoms with Crippen LogP contribution >= 0.6 is 0 Å². The third-order valence-corrected chi connectivity index (χ3v) is 2.88. The summed E-state index contributed by atoms with van der Waals surface area (Å²) in [5.74, 6) is -0.164. The van der Waals surface area contributed by atoms with Gasteiger partial charge in [0, 0.05) is 19.7 Å². The van der Waals surface area contributed by atoms with Gasteiger partial charge < -0.3 is 10.1 Å². The first-order chi connectivity index (χ1) is 8.60. The molecule has 0 bridgehead atoms. The maximum atomic E-state index is 11.2. The molecule has 1 amide bonds. The fraction of sp³-hybridized carbons (Fsp3) is 0.538. The number of nitrogens with zero attached hydrogens (tertiary/aromatic N) is 2. The Labute approximate surface area is 107 Å². The summed E-state index contributed by atoms with van der Waals surface area (Å²) in [5, 5.41) is 10.4. The van der Waals surface area contributed by atoms with Crippen molar-refractivity contribution in [3.05, 3.63) is 23.5 Å². The quantitative estimate of drug-likeness (QED) is 0.774. The second-order valence-electron chi connectivity index (χ2n) is 4.48. The average molecular weight is 249 g/mol. The zero-order valence-corrected chi connectivity index (χ0v) is 11.0. The van der Waals surface area contributed by atoms with Crippen LogP contribution in [0.4, 0.5) is 0 Å². The van der Waals surface area contributed by atoms with Crippen molar-refractivity contribution < 1.29 is 9.59 Å². The number of carbonyl (C=O) groups excluding carboxylic acids is 2. The minimum atomic E-state index is -0.367. The van der Waals surface area contributed by atoms with E-state index in [4.69, 9.17) is 0 Å². The number of hydrogen-bond donors (Lipinski definition) is 1. The monoisotopic (exact) mass is 249 g/mol. The van der Waals surface area contributed by atoms with Crippen LogP contribution in [0.1, 0.15) is 49.8 Å². The summed E-state index contributed by atoms with van der Waals surface area (Å²) in [6, 6.07) is 1.88. The van der Waals surface area contributed by atoms with Crippen molar-refractivity contribution in [2.75, 3.05) is 7.05 Å². The predicted molar refractivity (Wildman–Crippen MR) is 68.2 cm³/mol. The fourth-order valence-electron chi connectivity index (χ4n) is 1.81. The van der Waals surface area contributed by atoms with Gasteiger partial charge in [0.25, 0.3) is 0 Å². The van der Waals surface area contributed by atoms with Gasteiger partial charge in [0.1, 0.15) is 6.29 Å². The first-order valence-electron chi connectivity index (χ1n) is 6.07. The number of aldehydes is 1. The molecule has 18 heavy (non-hydrogen) atoms. The molecule has 1 aromatic heterocycles. The summed E-state index contributed by atoms with van der Waals surface area (Å²) >= 11 is 0. The smallest absolute Gasteiger partial charge is 0.219 e. The fourth-order valence-corrected chi connectivity index (χ4v) is 1.81. The Hall–Kier alpha value is -1.78. The second kappa shape index (κ2) is 6.83. The Morgan fingerprint density at radius 1 is 1.50 bits per heavy atom. The van der Waals surface area contributed by atoms with Crippen molar-refractivity contribution in [1.82, 2.24) is 15.5 Å². The lowest BCUT2D eigenvalue weighted by Gasteiger charge is -2.15. The Bertz CT molecular complexity index is 418. The van der Waals surface area contributed by atoms with E-state index in [-0.39, 0.29) is 17.7 Å². The molecule has 0 aromatic carbocycles. The highest BCUT2D eigenvalue weighted by Gasteiger charge is 2.19. The largest absolute Gasteiger partial charge is 0.359 e. The Morgan fingerprint density at radius 3 is 2.78 bits per heavy atom. The molecule has 0 aliphatic heterocycles. The molecule has 1 aromatic rings. The molecule has 1 N–H and O–H groups in total.